The van der Waals surface area contributed by atoms with Crippen LogP contribution in [-0.4, -0.2) is 51.0 Å². The van der Waals surface area contributed by atoms with E-state index in [0.717, 1.165) is 6.07 Å². The first-order valence-electron chi connectivity index (χ1n) is 9.63. The predicted octanol–water partition coefficient (Wildman–Crippen LogP) is 2.16. The second-order valence-corrected chi connectivity index (χ2v) is 7.52. The maximum atomic E-state index is 12.8. The summed E-state index contributed by atoms with van der Waals surface area (Å²) in [6, 6.07) is 6.80. The molecular weight excluding hydrogens is 408 g/mol. The summed E-state index contributed by atoms with van der Waals surface area (Å²) in [5.74, 6) is -0.686. The fourth-order valence-corrected chi connectivity index (χ4v) is 3.86. The van der Waals surface area contributed by atoms with Gasteiger partial charge in [0.2, 0.25) is 0 Å². The van der Waals surface area contributed by atoms with Gasteiger partial charge in [-0.1, -0.05) is 0 Å². The molecule has 0 radical (unpaired) electrons. The van der Waals surface area contributed by atoms with E-state index in [4.69, 9.17) is 13.9 Å². The molecule has 31 heavy (non-hydrogen) atoms. The summed E-state index contributed by atoms with van der Waals surface area (Å²) >= 11 is 0. The van der Waals surface area contributed by atoms with Crippen molar-refractivity contribution in [1.29, 1.82) is 0 Å². The van der Waals surface area contributed by atoms with Crippen LogP contribution in [0.4, 0.5) is 0 Å². The smallest absolute Gasteiger partial charge is 0.197 e. The molecule has 5 N–H and O–H groups in total. The van der Waals surface area contributed by atoms with Crippen molar-refractivity contribution in [3.63, 3.8) is 0 Å². The number of rotatable bonds is 3. The molecule has 2 heterocycles. The molecule has 164 valence electrons. The molecule has 9 heteroatoms. The number of hydrogen-bond acceptors (Lipinski definition) is 9. The Morgan fingerprint density at radius 1 is 1.06 bits per heavy atom. The molecule has 2 aromatic carbocycles. The van der Waals surface area contributed by atoms with E-state index in [9.17, 15) is 30.3 Å². The SMILES string of the molecule is COc1ccc(-c2cc(=O)c3c(O)c([C@H]4C[C@@H](O)[C@@H](O)[C@@H](C)O4)c(O)cc3o2)cc1O. The number of benzene rings is 2. The Hall–Kier alpha value is -3.27. The van der Waals surface area contributed by atoms with Crippen molar-refractivity contribution in [3.8, 4) is 34.3 Å². The van der Waals surface area contributed by atoms with Crippen molar-refractivity contribution in [2.24, 2.45) is 0 Å². The van der Waals surface area contributed by atoms with Gasteiger partial charge in [-0.2, -0.15) is 0 Å². The molecule has 0 spiro atoms. The molecule has 0 saturated carbocycles. The lowest BCUT2D eigenvalue weighted by Crippen LogP contribution is -2.43. The normalized spacial score (nSPS) is 23.7. The molecule has 1 fully saturated rings. The standard InChI is InChI=1S/C22H22O9/c1-9-21(27)14(26)8-17(30-9)19-13(25)7-18-20(22(19)28)12(24)6-16(31-18)10-3-4-15(29-2)11(23)5-10/h3-7,9,14,17,21,23,25-28H,8H2,1-2H3/t9-,14-,17-,21+/m1/s1. The number of fused-ring (bicyclic) bond motifs is 1. The third kappa shape index (κ3) is 3.56. The van der Waals surface area contributed by atoms with Gasteiger partial charge in [-0.05, 0) is 25.1 Å². The molecule has 4 rings (SSSR count). The van der Waals surface area contributed by atoms with Gasteiger partial charge >= 0.3 is 0 Å². The molecule has 3 aromatic rings. The number of phenolic OH excluding ortho intramolecular Hbond substituents is 3. The molecule has 1 saturated heterocycles. The van der Waals surface area contributed by atoms with Gasteiger partial charge in [-0.3, -0.25) is 4.79 Å². The Balaban J connectivity index is 1.82. The maximum absolute atomic E-state index is 12.8. The number of methoxy groups -OCH3 is 1. The van der Waals surface area contributed by atoms with E-state index in [0.29, 0.717) is 5.56 Å². The third-order valence-corrected chi connectivity index (χ3v) is 5.51. The van der Waals surface area contributed by atoms with Crippen molar-refractivity contribution in [2.75, 3.05) is 7.11 Å². The van der Waals surface area contributed by atoms with Gasteiger partial charge < -0.3 is 39.4 Å². The minimum absolute atomic E-state index is 0.0626. The van der Waals surface area contributed by atoms with E-state index in [1.807, 2.05) is 0 Å². The van der Waals surface area contributed by atoms with E-state index in [2.05, 4.69) is 0 Å². The molecule has 0 aliphatic carbocycles. The van der Waals surface area contributed by atoms with E-state index in [1.54, 1.807) is 13.0 Å². The molecular formula is C22H22O9. The van der Waals surface area contributed by atoms with Gasteiger partial charge in [-0.15, -0.1) is 0 Å². The number of hydrogen-bond donors (Lipinski definition) is 5. The quantitative estimate of drug-likeness (QED) is 0.421. The zero-order valence-electron chi connectivity index (χ0n) is 16.8. The molecule has 0 bridgehead atoms. The second kappa shape index (κ2) is 7.77. The minimum Gasteiger partial charge on any atom is -0.507 e. The zero-order chi connectivity index (χ0) is 22.4. The maximum Gasteiger partial charge on any atom is 0.197 e. The largest absolute Gasteiger partial charge is 0.507 e. The number of phenols is 3. The molecule has 0 amide bonds. The van der Waals surface area contributed by atoms with Crippen LogP contribution < -0.4 is 10.2 Å². The van der Waals surface area contributed by atoms with Crippen LogP contribution in [0.25, 0.3) is 22.3 Å². The predicted molar refractivity (Wildman–Crippen MR) is 109 cm³/mol. The van der Waals surface area contributed by atoms with Gasteiger partial charge in [0.25, 0.3) is 0 Å². The first-order chi connectivity index (χ1) is 14.7. The fraction of sp³-hybridized carbons (Fsp3) is 0.318. The van der Waals surface area contributed by atoms with E-state index < -0.39 is 35.6 Å². The molecule has 1 aliphatic rings. The van der Waals surface area contributed by atoms with Crippen LogP contribution in [0.15, 0.2) is 39.5 Å². The van der Waals surface area contributed by atoms with Crippen LogP contribution in [0.3, 0.4) is 0 Å². The van der Waals surface area contributed by atoms with E-state index in [1.165, 1.54) is 25.3 Å². The van der Waals surface area contributed by atoms with Crippen LogP contribution in [0.5, 0.6) is 23.0 Å². The monoisotopic (exact) mass is 430 g/mol. The highest BCUT2D eigenvalue weighted by Gasteiger charge is 2.37. The summed E-state index contributed by atoms with van der Waals surface area (Å²) in [5.41, 5.74) is -0.315. The van der Waals surface area contributed by atoms with Gasteiger partial charge in [0.1, 0.15) is 34.3 Å². The highest BCUT2D eigenvalue weighted by atomic mass is 16.5. The Morgan fingerprint density at radius 2 is 1.81 bits per heavy atom. The number of aliphatic hydroxyl groups is 2. The summed E-state index contributed by atoms with van der Waals surface area (Å²) in [4.78, 5) is 12.8. The Labute approximate surface area is 176 Å². The first kappa shape index (κ1) is 21.0. The molecule has 9 nitrogen and oxygen atoms in total. The lowest BCUT2D eigenvalue weighted by atomic mass is 9.92. The molecule has 0 unspecified atom stereocenters. The average molecular weight is 430 g/mol. The summed E-state index contributed by atoms with van der Waals surface area (Å²) in [6.07, 6.45) is -3.98. The summed E-state index contributed by atoms with van der Waals surface area (Å²) in [6.45, 7) is 1.56. The van der Waals surface area contributed by atoms with Crippen LogP contribution in [0.2, 0.25) is 0 Å². The summed E-state index contributed by atoms with van der Waals surface area (Å²) < 4.78 is 16.3. The van der Waals surface area contributed by atoms with Gasteiger partial charge in [-0.25, -0.2) is 0 Å². The van der Waals surface area contributed by atoms with Gasteiger partial charge in [0, 0.05) is 24.1 Å². The lowest BCUT2D eigenvalue weighted by Gasteiger charge is -2.36. The molecule has 4 atom stereocenters. The van der Waals surface area contributed by atoms with Gasteiger partial charge in [0.15, 0.2) is 16.9 Å². The minimum atomic E-state index is -1.12. The number of aliphatic hydroxyl groups excluding tert-OH is 2. The lowest BCUT2D eigenvalue weighted by molar-refractivity contribution is -0.164. The van der Waals surface area contributed by atoms with E-state index in [-0.39, 0.29) is 46.0 Å². The van der Waals surface area contributed by atoms with Crippen LogP contribution in [-0.2, 0) is 4.74 Å². The first-order valence-corrected chi connectivity index (χ1v) is 9.63. The molecule has 1 aliphatic heterocycles. The summed E-state index contributed by atoms with van der Waals surface area (Å²) in [5, 5.41) is 51.1. The third-order valence-electron chi connectivity index (χ3n) is 5.51. The average Bonchev–Trinajstić information content (AvgIpc) is 2.71. The van der Waals surface area contributed by atoms with Crippen LogP contribution in [0, 0.1) is 0 Å². The van der Waals surface area contributed by atoms with Crippen molar-refractivity contribution in [3.05, 3.63) is 46.1 Å². The second-order valence-electron chi connectivity index (χ2n) is 7.52. The Bertz CT molecular complexity index is 1190. The Kier molecular flexibility index (Phi) is 5.26. The molecule has 1 aromatic heterocycles. The topological polar surface area (TPSA) is 150 Å². The fourth-order valence-electron chi connectivity index (χ4n) is 3.86. The highest BCUT2D eigenvalue weighted by Crippen LogP contribution is 2.44. The number of aromatic hydroxyl groups is 3. The number of ether oxygens (including phenoxy) is 2. The van der Waals surface area contributed by atoms with Crippen molar-refractivity contribution in [1.82, 2.24) is 0 Å². The zero-order valence-corrected chi connectivity index (χ0v) is 16.8. The van der Waals surface area contributed by atoms with Crippen LogP contribution in [0.1, 0.15) is 25.0 Å². The van der Waals surface area contributed by atoms with Gasteiger partial charge in [0.05, 0.1) is 31.0 Å². The van der Waals surface area contributed by atoms with Crippen molar-refractivity contribution < 1.29 is 39.4 Å². The summed E-state index contributed by atoms with van der Waals surface area (Å²) in [7, 11) is 1.41. The van der Waals surface area contributed by atoms with Crippen LogP contribution >= 0.6 is 0 Å². The van der Waals surface area contributed by atoms with E-state index >= 15 is 0 Å². The van der Waals surface area contributed by atoms with Crippen molar-refractivity contribution in [2.45, 2.75) is 37.8 Å². The van der Waals surface area contributed by atoms with Crippen molar-refractivity contribution >= 4 is 11.0 Å². The Morgan fingerprint density at radius 3 is 2.45 bits per heavy atom. The highest BCUT2D eigenvalue weighted by molar-refractivity contribution is 5.88.